The molecule has 1 aliphatic rings. The van der Waals surface area contributed by atoms with Crippen LogP contribution in [0.4, 0.5) is 0 Å². The third-order valence-corrected chi connectivity index (χ3v) is 15.2. The molecule has 11 heteroatoms. The van der Waals surface area contributed by atoms with Crippen LogP contribution in [0.3, 0.4) is 0 Å². The summed E-state index contributed by atoms with van der Waals surface area (Å²) in [4.78, 5) is 13.2. The fourth-order valence-corrected chi connectivity index (χ4v) is 10.1. The smallest absolute Gasteiger partial charge is 0.249 e. The maximum atomic E-state index is 13.2. The molecule has 9 unspecified atom stereocenters. The van der Waals surface area contributed by atoms with Crippen molar-refractivity contribution in [2.75, 3.05) is 13.2 Å². The topological polar surface area (TPSA) is 189 Å². The number of hydrogen-bond donors (Lipinski definition) is 8. The number of unbranched alkanes of at least 4 members (excludes halogenated alkanes) is 38. The number of ether oxygens (including phenoxy) is 2. The SMILES string of the molecule is CCCCCCCCCCCCCC/C=C\CCCCCCCCCCC(O)C(=O)NC(COC1OC(CO)C(O)C(O)C1O)C(O)C(O)CCC/C=C/CCCCCCCCCCCCCCCCCCC. The van der Waals surface area contributed by atoms with Gasteiger partial charge in [-0.15, -0.1) is 0 Å². The van der Waals surface area contributed by atoms with E-state index >= 15 is 0 Å². The highest BCUT2D eigenvalue weighted by Gasteiger charge is 2.44. The van der Waals surface area contributed by atoms with Gasteiger partial charge in [0.05, 0.1) is 25.4 Å². The molecule has 1 amide bonds. The van der Waals surface area contributed by atoms with E-state index in [9.17, 15) is 40.5 Å². The Labute approximate surface area is 448 Å². The van der Waals surface area contributed by atoms with Gasteiger partial charge in [0.1, 0.15) is 36.6 Å². The Morgan fingerprint density at radius 2 is 0.808 bits per heavy atom. The largest absolute Gasteiger partial charge is 0.394 e. The fraction of sp³-hybridized carbons (Fsp3) is 0.919. The monoisotopic (exact) mass is 1040 g/mol. The number of rotatable bonds is 54. The summed E-state index contributed by atoms with van der Waals surface area (Å²) in [7, 11) is 0. The van der Waals surface area contributed by atoms with Crippen LogP contribution in [0.2, 0.25) is 0 Å². The normalized spacial score (nSPS) is 20.0. The molecule has 0 spiro atoms. The average molecular weight is 1040 g/mol. The van der Waals surface area contributed by atoms with Crippen molar-refractivity contribution in [1.82, 2.24) is 5.32 Å². The summed E-state index contributed by atoms with van der Waals surface area (Å²) in [6.45, 7) is 3.48. The minimum Gasteiger partial charge on any atom is -0.394 e. The summed E-state index contributed by atoms with van der Waals surface area (Å²) >= 11 is 0. The van der Waals surface area contributed by atoms with E-state index in [-0.39, 0.29) is 12.8 Å². The lowest BCUT2D eigenvalue weighted by Crippen LogP contribution is -2.60. The predicted octanol–water partition coefficient (Wildman–Crippen LogP) is 13.7. The molecule has 0 aromatic heterocycles. The van der Waals surface area contributed by atoms with Gasteiger partial charge in [-0.1, -0.05) is 256 Å². The lowest BCUT2D eigenvalue weighted by atomic mass is 9.98. The molecule has 0 saturated carbocycles. The first-order chi connectivity index (χ1) is 35.7. The summed E-state index contributed by atoms with van der Waals surface area (Å²) in [5.74, 6) is -0.705. The van der Waals surface area contributed by atoms with Gasteiger partial charge in [0.2, 0.25) is 5.91 Å². The first kappa shape index (κ1) is 69.6. The number of hydrogen-bond acceptors (Lipinski definition) is 10. The molecule has 0 aliphatic carbocycles. The Morgan fingerprint density at radius 3 is 1.18 bits per heavy atom. The number of aliphatic hydroxyl groups is 7. The summed E-state index contributed by atoms with van der Waals surface area (Å²) in [5, 5.41) is 76.3. The van der Waals surface area contributed by atoms with Crippen LogP contribution >= 0.6 is 0 Å². The Kier molecular flexibility index (Phi) is 49.0. The van der Waals surface area contributed by atoms with E-state index in [1.54, 1.807) is 0 Å². The quantitative estimate of drug-likeness (QED) is 0.0215. The van der Waals surface area contributed by atoms with Crippen molar-refractivity contribution in [3.63, 3.8) is 0 Å². The molecule has 1 aliphatic heterocycles. The van der Waals surface area contributed by atoms with Crippen LogP contribution in [0.5, 0.6) is 0 Å². The Morgan fingerprint density at radius 1 is 0.466 bits per heavy atom. The van der Waals surface area contributed by atoms with Crippen LogP contribution < -0.4 is 5.32 Å². The van der Waals surface area contributed by atoms with E-state index in [2.05, 4.69) is 43.5 Å². The molecule has 432 valence electrons. The van der Waals surface area contributed by atoms with Crippen LogP contribution in [0.1, 0.15) is 296 Å². The van der Waals surface area contributed by atoms with Crippen molar-refractivity contribution in [3.8, 4) is 0 Å². The van der Waals surface area contributed by atoms with Crippen molar-refractivity contribution in [2.24, 2.45) is 0 Å². The zero-order valence-corrected chi connectivity index (χ0v) is 47.4. The molecule has 1 heterocycles. The van der Waals surface area contributed by atoms with E-state index in [4.69, 9.17) is 9.47 Å². The average Bonchev–Trinajstić information content (AvgIpc) is 3.39. The molecule has 1 rings (SSSR count). The summed E-state index contributed by atoms with van der Waals surface area (Å²) in [6, 6.07) is -1.19. The fourth-order valence-electron chi connectivity index (χ4n) is 10.1. The first-order valence-electron chi connectivity index (χ1n) is 31.2. The summed E-state index contributed by atoms with van der Waals surface area (Å²) in [5.41, 5.74) is 0. The molecule has 11 nitrogen and oxygen atoms in total. The lowest BCUT2D eigenvalue weighted by molar-refractivity contribution is -0.303. The van der Waals surface area contributed by atoms with Crippen molar-refractivity contribution in [2.45, 2.75) is 351 Å². The van der Waals surface area contributed by atoms with Crippen molar-refractivity contribution < 1.29 is 50.0 Å². The van der Waals surface area contributed by atoms with Gasteiger partial charge in [0, 0.05) is 0 Å². The Hall–Kier alpha value is -1.41. The van der Waals surface area contributed by atoms with E-state index in [1.807, 2.05) is 0 Å². The van der Waals surface area contributed by atoms with Gasteiger partial charge in [0.15, 0.2) is 6.29 Å². The van der Waals surface area contributed by atoms with E-state index < -0.39 is 74.2 Å². The van der Waals surface area contributed by atoms with Gasteiger partial charge in [-0.3, -0.25) is 4.79 Å². The second-order valence-corrected chi connectivity index (χ2v) is 22.1. The van der Waals surface area contributed by atoms with Gasteiger partial charge < -0.3 is 50.5 Å². The number of allylic oxidation sites excluding steroid dienone is 4. The molecular weight excluding hydrogens is 919 g/mol. The van der Waals surface area contributed by atoms with E-state index in [1.165, 1.54) is 212 Å². The molecule has 0 radical (unpaired) electrons. The maximum absolute atomic E-state index is 13.2. The molecule has 73 heavy (non-hydrogen) atoms. The molecule has 0 bridgehead atoms. The molecule has 0 aromatic carbocycles. The summed E-state index contributed by atoms with van der Waals surface area (Å²) < 4.78 is 11.2. The second-order valence-electron chi connectivity index (χ2n) is 22.1. The first-order valence-corrected chi connectivity index (χ1v) is 31.2. The lowest BCUT2D eigenvalue weighted by Gasteiger charge is -2.40. The van der Waals surface area contributed by atoms with Gasteiger partial charge in [-0.05, 0) is 64.2 Å². The number of nitrogens with one attached hydrogen (secondary N) is 1. The molecule has 8 N–H and O–H groups in total. The van der Waals surface area contributed by atoms with Crippen molar-refractivity contribution >= 4 is 5.91 Å². The Balaban J connectivity index is 2.29. The highest BCUT2D eigenvalue weighted by molar-refractivity contribution is 5.80. The van der Waals surface area contributed by atoms with Crippen LogP contribution in [0.15, 0.2) is 24.3 Å². The van der Waals surface area contributed by atoms with Gasteiger partial charge in [0.25, 0.3) is 0 Å². The zero-order chi connectivity index (χ0) is 53.3. The standard InChI is InChI=1S/C62H119NO10/c1-3-5-7-9-11-13-15-17-19-21-23-25-27-28-30-32-34-36-38-40-42-44-46-48-50-55(66)61(71)63-53(52-72-62-60(70)59(69)58(68)56(51-64)73-62)57(67)54(65)49-47-45-43-41-39-37-35-33-31-29-26-24-22-20-18-16-14-12-10-8-6-4-2/h28,30,41,43,53-60,62,64-70H,3-27,29,31-40,42,44-52H2,1-2H3,(H,63,71)/b30-28-,43-41+. The maximum Gasteiger partial charge on any atom is 0.249 e. The predicted molar refractivity (Wildman–Crippen MR) is 302 cm³/mol. The Bertz CT molecular complexity index is 1240. The zero-order valence-electron chi connectivity index (χ0n) is 47.4. The molecule has 1 saturated heterocycles. The van der Waals surface area contributed by atoms with Crippen LogP contribution in [0, 0.1) is 0 Å². The third kappa shape index (κ3) is 39.6. The van der Waals surface area contributed by atoms with Crippen LogP contribution in [-0.2, 0) is 14.3 Å². The van der Waals surface area contributed by atoms with E-state index in [0.717, 1.165) is 44.9 Å². The number of aliphatic hydroxyl groups excluding tert-OH is 7. The molecule has 0 aromatic rings. The van der Waals surface area contributed by atoms with Crippen molar-refractivity contribution in [3.05, 3.63) is 24.3 Å². The van der Waals surface area contributed by atoms with E-state index in [0.29, 0.717) is 12.8 Å². The van der Waals surface area contributed by atoms with Crippen molar-refractivity contribution in [1.29, 1.82) is 0 Å². The second kappa shape index (κ2) is 51.4. The molecular formula is C62H119NO10. The van der Waals surface area contributed by atoms with Gasteiger partial charge in [-0.2, -0.15) is 0 Å². The highest BCUT2D eigenvalue weighted by Crippen LogP contribution is 2.23. The molecule has 1 fully saturated rings. The third-order valence-electron chi connectivity index (χ3n) is 15.2. The van der Waals surface area contributed by atoms with Gasteiger partial charge >= 0.3 is 0 Å². The van der Waals surface area contributed by atoms with Gasteiger partial charge in [-0.25, -0.2) is 0 Å². The number of amides is 1. The van der Waals surface area contributed by atoms with Crippen LogP contribution in [0.25, 0.3) is 0 Å². The minimum atomic E-state index is -1.67. The number of carbonyl (C=O) groups excluding carboxylic acids is 1. The summed E-state index contributed by atoms with van der Waals surface area (Å²) in [6.07, 6.45) is 51.0. The highest BCUT2D eigenvalue weighted by atomic mass is 16.7. The number of carbonyl (C=O) groups is 1. The van der Waals surface area contributed by atoms with Crippen LogP contribution in [-0.4, -0.2) is 110 Å². The molecule has 9 atom stereocenters. The minimum absolute atomic E-state index is 0.252.